The van der Waals surface area contributed by atoms with Gasteiger partial charge in [0.25, 0.3) is 5.91 Å². The standard InChI is InChI=1S/C16H16N2O3/c19-16(17-10-13-6-2-1-3-7-13)12-21-15-9-5-4-8-14(15)11-18-20/h1-9,11,20H,10,12H2,(H,17,19)/b18-11+. The molecule has 0 heterocycles. The number of benzene rings is 2. The van der Waals surface area contributed by atoms with Crippen molar-refractivity contribution in [3.63, 3.8) is 0 Å². The number of rotatable bonds is 6. The monoisotopic (exact) mass is 284 g/mol. The third kappa shape index (κ3) is 4.65. The molecule has 1 amide bonds. The molecule has 0 fully saturated rings. The molecule has 0 spiro atoms. The summed E-state index contributed by atoms with van der Waals surface area (Å²) >= 11 is 0. The van der Waals surface area contributed by atoms with Crippen molar-refractivity contribution in [2.24, 2.45) is 5.16 Å². The maximum Gasteiger partial charge on any atom is 0.258 e. The van der Waals surface area contributed by atoms with E-state index in [9.17, 15) is 4.79 Å². The van der Waals surface area contributed by atoms with Gasteiger partial charge in [0.15, 0.2) is 6.61 Å². The van der Waals surface area contributed by atoms with Crippen molar-refractivity contribution in [1.82, 2.24) is 5.32 Å². The van der Waals surface area contributed by atoms with Gasteiger partial charge in [-0.05, 0) is 17.7 Å². The fraction of sp³-hybridized carbons (Fsp3) is 0.125. The summed E-state index contributed by atoms with van der Waals surface area (Å²) in [7, 11) is 0. The predicted molar refractivity (Wildman–Crippen MR) is 79.6 cm³/mol. The molecule has 2 aromatic carbocycles. The number of nitrogens with zero attached hydrogens (tertiary/aromatic N) is 1. The summed E-state index contributed by atoms with van der Waals surface area (Å²) in [4.78, 5) is 11.7. The molecule has 0 aromatic heterocycles. The van der Waals surface area contributed by atoms with E-state index in [0.717, 1.165) is 5.56 Å². The van der Waals surface area contributed by atoms with Crippen LogP contribution in [-0.2, 0) is 11.3 Å². The van der Waals surface area contributed by atoms with Crippen molar-refractivity contribution in [3.05, 3.63) is 65.7 Å². The molecule has 0 saturated heterocycles. The second-order valence-corrected chi connectivity index (χ2v) is 4.33. The molecule has 2 aromatic rings. The van der Waals surface area contributed by atoms with Crippen LogP contribution in [0.2, 0.25) is 0 Å². The van der Waals surface area contributed by atoms with Crippen LogP contribution in [0.25, 0.3) is 0 Å². The number of carbonyl (C=O) groups is 1. The first kappa shape index (κ1) is 14.6. The maximum atomic E-state index is 11.7. The summed E-state index contributed by atoms with van der Waals surface area (Å²) in [5.41, 5.74) is 1.63. The van der Waals surface area contributed by atoms with Crippen LogP contribution in [0.15, 0.2) is 59.8 Å². The molecule has 0 aliphatic carbocycles. The van der Waals surface area contributed by atoms with Crippen LogP contribution in [0.4, 0.5) is 0 Å². The van der Waals surface area contributed by atoms with Crippen molar-refractivity contribution in [2.45, 2.75) is 6.54 Å². The first-order chi connectivity index (χ1) is 10.3. The van der Waals surface area contributed by atoms with E-state index in [-0.39, 0.29) is 12.5 Å². The first-order valence-electron chi connectivity index (χ1n) is 6.49. The number of oxime groups is 1. The van der Waals surface area contributed by atoms with Gasteiger partial charge < -0.3 is 15.3 Å². The first-order valence-corrected chi connectivity index (χ1v) is 6.49. The Morgan fingerprint density at radius 3 is 2.62 bits per heavy atom. The Bertz CT molecular complexity index is 612. The molecule has 0 radical (unpaired) electrons. The lowest BCUT2D eigenvalue weighted by Crippen LogP contribution is -2.28. The molecular formula is C16H16N2O3. The Morgan fingerprint density at radius 2 is 1.86 bits per heavy atom. The van der Waals surface area contributed by atoms with Crippen LogP contribution in [-0.4, -0.2) is 23.9 Å². The lowest BCUT2D eigenvalue weighted by Gasteiger charge is -2.09. The Hall–Kier alpha value is -2.82. The zero-order chi connectivity index (χ0) is 14.9. The third-order valence-corrected chi connectivity index (χ3v) is 2.81. The van der Waals surface area contributed by atoms with Gasteiger partial charge in [0, 0.05) is 12.1 Å². The van der Waals surface area contributed by atoms with E-state index in [1.807, 2.05) is 30.3 Å². The van der Waals surface area contributed by atoms with Crippen LogP contribution < -0.4 is 10.1 Å². The van der Waals surface area contributed by atoms with E-state index in [2.05, 4.69) is 10.5 Å². The summed E-state index contributed by atoms with van der Waals surface area (Å²) in [6, 6.07) is 16.7. The largest absolute Gasteiger partial charge is 0.483 e. The second kappa shape index (κ2) is 7.69. The zero-order valence-electron chi connectivity index (χ0n) is 11.4. The smallest absolute Gasteiger partial charge is 0.258 e. The highest BCUT2D eigenvalue weighted by Gasteiger charge is 2.05. The Labute approximate surface area is 122 Å². The summed E-state index contributed by atoms with van der Waals surface area (Å²) < 4.78 is 5.43. The Kier molecular flexibility index (Phi) is 5.34. The van der Waals surface area contributed by atoms with E-state index < -0.39 is 0 Å². The van der Waals surface area contributed by atoms with Crippen LogP contribution in [0.3, 0.4) is 0 Å². The molecule has 0 aliphatic rings. The molecule has 21 heavy (non-hydrogen) atoms. The molecular weight excluding hydrogens is 268 g/mol. The van der Waals surface area contributed by atoms with Crippen LogP contribution >= 0.6 is 0 Å². The summed E-state index contributed by atoms with van der Waals surface area (Å²) in [5.74, 6) is 0.278. The van der Waals surface area contributed by atoms with Gasteiger partial charge in [0.1, 0.15) is 5.75 Å². The normalized spacial score (nSPS) is 10.5. The fourth-order valence-corrected chi connectivity index (χ4v) is 1.77. The summed E-state index contributed by atoms with van der Waals surface area (Å²) in [6.45, 7) is 0.367. The maximum absolute atomic E-state index is 11.7. The number of carbonyl (C=O) groups excluding carboxylic acids is 1. The van der Waals surface area contributed by atoms with Gasteiger partial charge in [0.05, 0.1) is 6.21 Å². The lowest BCUT2D eigenvalue weighted by atomic mass is 10.2. The van der Waals surface area contributed by atoms with E-state index in [4.69, 9.17) is 9.94 Å². The quantitative estimate of drug-likeness (QED) is 0.485. The van der Waals surface area contributed by atoms with Crippen LogP contribution in [0.1, 0.15) is 11.1 Å². The number of ether oxygens (including phenoxy) is 1. The Morgan fingerprint density at radius 1 is 1.14 bits per heavy atom. The molecule has 0 saturated carbocycles. The lowest BCUT2D eigenvalue weighted by molar-refractivity contribution is -0.123. The summed E-state index contributed by atoms with van der Waals surface area (Å²) in [6.07, 6.45) is 1.26. The van der Waals surface area contributed by atoms with E-state index in [0.29, 0.717) is 17.9 Å². The molecule has 0 unspecified atom stereocenters. The number of hydrogen-bond acceptors (Lipinski definition) is 4. The SMILES string of the molecule is O=C(COc1ccccc1/C=N/O)NCc1ccccc1. The highest BCUT2D eigenvalue weighted by molar-refractivity contribution is 5.83. The third-order valence-electron chi connectivity index (χ3n) is 2.81. The fourth-order valence-electron chi connectivity index (χ4n) is 1.77. The van der Waals surface area contributed by atoms with E-state index in [1.54, 1.807) is 24.3 Å². The molecule has 2 rings (SSSR count). The van der Waals surface area contributed by atoms with Crippen molar-refractivity contribution in [1.29, 1.82) is 0 Å². The van der Waals surface area contributed by atoms with Crippen molar-refractivity contribution >= 4 is 12.1 Å². The van der Waals surface area contributed by atoms with Crippen molar-refractivity contribution in [2.75, 3.05) is 6.61 Å². The Balaban J connectivity index is 1.84. The molecule has 0 aliphatic heterocycles. The highest BCUT2D eigenvalue weighted by Crippen LogP contribution is 2.15. The highest BCUT2D eigenvalue weighted by atomic mass is 16.5. The molecule has 108 valence electrons. The van der Waals surface area contributed by atoms with Crippen molar-refractivity contribution in [3.8, 4) is 5.75 Å². The minimum atomic E-state index is -0.213. The van der Waals surface area contributed by atoms with Crippen LogP contribution in [0.5, 0.6) is 5.75 Å². The molecule has 0 atom stereocenters. The zero-order valence-corrected chi connectivity index (χ0v) is 11.4. The second-order valence-electron chi connectivity index (χ2n) is 4.33. The number of para-hydroxylation sites is 1. The average molecular weight is 284 g/mol. The number of hydrogen-bond donors (Lipinski definition) is 2. The van der Waals surface area contributed by atoms with E-state index in [1.165, 1.54) is 6.21 Å². The van der Waals surface area contributed by atoms with Crippen molar-refractivity contribution < 1.29 is 14.7 Å². The van der Waals surface area contributed by atoms with Gasteiger partial charge >= 0.3 is 0 Å². The van der Waals surface area contributed by atoms with E-state index >= 15 is 0 Å². The number of amides is 1. The topological polar surface area (TPSA) is 70.9 Å². The van der Waals surface area contributed by atoms with Crippen LogP contribution in [0, 0.1) is 0 Å². The minimum Gasteiger partial charge on any atom is -0.483 e. The predicted octanol–water partition coefficient (Wildman–Crippen LogP) is 2.19. The molecule has 5 nitrogen and oxygen atoms in total. The van der Waals surface area contributed by atoms with Gasteiger partial charge in [-0.3, -0.25) is 4.79 Å². The van der Waals surface area contributed by atoms with Gasteiger partial charge in [0.2, 0.25) is 0 Å². The molecule has 5 heteroatoms. The van der Waals surface area contributed by atoms with Gasteiger partial charge in [-0.15, -0.1) is 0 Å². The van der Waals surface area contributed by atoms with Gasteiger partial charge in [-0.2, -0.15) is 0 Å². The number of nitrogens with one attached hydrogen (secondary N) is 1. The minimum absolute atomic E-state index is 0.0941. The average Bonchev–Trinajstić information content (AvgIpc) is 2.53. The summed E-state index contributed by atoms with van der Waals surface area (Å²) in [5, 5.41) is 14.3. The molecule has 2 N–H and O–H groups in total. The van der Waals surface area contributed by atoms with Gasteiger partial charge in [-0.25, -0.2) is 0 Å². The molecule has 0 bridgehead atoms. The van der Waals surface area contributed by atoms with Gasteiger partial charge in [-0.1, -0.05) is 47.6 Å².